The van der Waals surface area contributed by atoms with E-state index in [1.165, 1.54) is 16.7 Å². The lowest BCUT2D eigenvalue weighted by Crippen LogP contribution is -2.30. The lowest BCUT2D eigenvalue weighted by atomic mass is 9.99. The van der Waals surface area contributed by atoms with Crippen LogP contribution < -0.4 is 0 Å². The maximum Gasteiger partial charge on any atom is 0.270 e. The number of amides is 1. The first-order valence-corrected chi connectivity index (χ1v) is 7.65. The topological polar surface area (TPSA) is 36.1 Å². The minimum absolute atomic E-state index is 0.0311. The van der Waals surface area contributed by atoms with Gasteiger partial charge in [0, 0.05) is 12.7 Å². The number of carbonyl (C=O) groups is 1. The number of carbonyl (C=O) groups excluding carboxylic acids is 1. The number of aromatic nitrogens is 1. The van der Waals surface area contributed by atoms with Gasteiger partial charge in [0.2, 0.25) is 0 Å². The van der Waals surface area contributed by atoms with Gasteiger partial charge in [0.25, 0.3) is 5.91 Å². The quantitative estimate of drug-likeness (QED) is 0.884. The third kappa shape index (κ3) is 2.84. The molecule has 3 rings (SSSR count). The highest BCUT2D eigenvalue weighted by Gasteiger charge is 2.31. The van der Waals surface area contributed by atoms with Gasteiger partial charge < -0.3 is 9.88 Å². The summed E-state index contributed by atoms with van der Waals surface area (Å²) < 4.78 is 0. The number of aryl methyl sites for hydroxylation is 2. The van der Waals surface area contributed by atoms with E-state index in [9.17, 15) is 4.79 Å². The van der Waals surface area contributed by atoms with E-state index in [1.807, 2.05) is 4.90 Å². The molecule has 1 aromatic heterocycles. The Bertz CT molecular complexity index is 657. The van der Waals surface area contributed by atoms with Crippen molar-refractivity contribution in [3.8, 4) is 0 Å². The van der Waals surface area contributed by atoms with Crippen molar-refractivity contribution in [1.82, 2.24) is 9.88 Å². The normalized spacial score (nSPS) is 18.2. The van der Waals surface area contributed by atoms with Crippen molar-refractivity contribution < 1.29 is 4.79 Å². The van der Waals surface area contributed by atoms with Gasteiger partial charge in [-0.05, 0) is 38.3 Å². The predicted molar refractivity (Wildman–Crippen MR) is 84.7 cm³/mol. The van der Waals surface area contributed by atoms with Crippen molar-refractivity contribution in [1.29, 1.82) is 0 Å². The molecule has 21 heavy (non-hydrogen) atoms. The molecule has 0 spiro atoms. The Hall–Kier alpha value is -1.74. The average Bonchev–Trinajstić information content (AvgIpc) is 3.05. The zero-order chi connectivity index (χ0) is 15.0. The van der Waals surface area contributed by atoms with Crippen LogP contribution in [0.1, 0.15) is 46.1 Å². The molecular weight excluding hydrogens is 284 g/mol. The molecule has 1 amide bonds. The standard InChI is InChI=1S/C17H19ClN2O/c1-11-6-12(2)8-13(7-11)16-4-3-5-20(16)17(21)15-9-14(18)10-19-15/h6-10,16,19H,3-5H2,1-2H3. The molecule has 2 aromatic rings. The zero-order valence-corrected chi connectivity index (χ0v) is 13.1. The lowest BCUT2D eigenvalue weighted by Gasteiger charge is -2.25. The molecule has 3 nitrogen and oxygen atoms in total. The van der Waals surface area contributed by atoms with Gasteiger partial charge in [-0.25, -0.2) is 0 Å². The molecule has 2 heterocycles. The fourth-order valence-corrected chi connectivity index (χ4v) is 3.37. The summed E-state index contributed by atoms with van der Waals surface area (Å²) in [5, 5.41) is 0.570. The number of rotatable bonds is 2. The molecule has 4 heteroatoms. The molecule has 110 valence electrons. The van der Waals surface area contributed by atoms with Crippen LogP contribution in [0.4, 0.5) is 0 Å². The van der Waals surface area contributed by atoms with E-state index in [-0.39, 0.29) is 11.9 Å². The van der Waals surface area contributed by atoms with Crippen LogP contribution in [0, 0.1) is 13.8 Å². The van der Waals surface area contributed by atoms with Gasteiger partial charge in [-0.3, -0.25) is 4.79 Å². The number of H-pyrrole nitrogens is 1. The van der Waals surface area contributed by atoms with Gasteiger partial charge >= 0.3 is 0 Å². The molecule has 1 fully saturated rings. The summed E-state index contributed by atoms with van der Waals surface area (Å²) >= 11 is 5.90. The highest BCUT2D eigenvalue weighted by Crippen LogP contribution is 2.34. The van der Waals surface area contributed by atoms with Crippen molar-refractivity contribution >= 4 is 17.5 Å². The summed E-state index contributed by atoms with van der Waals surface area (Å²) in [6, 6.07) is 8.39. The first-order valence-electron chi connectivity index (χ1n) is 7.27. The fraction of sp³-hybridized carbons (Fsp3) is 0.353. The van der Waals surface area contributed by atoms with Crippen molar-refractivity contribution in [3.05, 3.63) is 57.9 Å². The summed E-state index contributed by atoms with van der Waals surface area (Å²) in [6.45, 7) is 5.00. The Morgan fingerprint density at radius 3 is 2.57 bits per heavy atom. The van der Waals surface area contributed by atoms with E-state index in [0.717, 1.165) is 19.4 Å². The number of nitrogens with one attached hydrogen (secondary N) is 1. The van der Waals surface area contributed by atoms with Crippen LogP contribution in [-0.2, 0) is 0 Å². The van der Waals surface area contributed by atoms with E-state index < -0.39 is 0 Å². The summed E-state index contributed by atoms with van der Waals surface area (Å²) in [4.78, 5) is 17.6. The van der Waals surface area contributed by atoms with Crippen LogP contribution in [-0.4, -0.2) is 22.3 Å². The molecule has 0 aliphatic carbocycles. The van der Waals surface area contributed by atoms with Gasteiger partial charge in [0.15, 0.2) is 0 Å². The van der Waals surface area contributed by atoms with Gasteiger partial charge in [-0.2, -0.15) is 0 Å². The maximum absolute atomic E-state index is 12.6. The highest BCUT2D eigenvalue weighted by atomic mass is 35.5. The summed E-state index contributed by atoms with van der Waals surface area (Å²) in [6.07, 6.45) is 3.71. The molecular formula is C17H19ClN2O. The van der Waals surface area contributed by atoms with E-state index in [1.54, 1.807) is 12.3 Å². The van der Waals surface area contributed by atoms with E-state index in [4.69, 9.17) is 11.6 Å². The summed E-state index contributed by atoms with van der Waals surface area (Å²) in [7, 11) is 0. The smallest absolute Gasteiger partial charge is 0.270 e. The van der Waals surface area contributed by atoms with Crippen molar-refractivity contribution in [2.45, 2.75) is 32.7 Å². The zero-order valence-electron chi connectivity index (χ0n) is 12.3. The minimum atomic E-state index is 0.0311. The van der Waals surface area contributed by atoms with Crippen LogP contribution in [0.15, 0.2) is 30.5 Å². The Morgan fingerprint density at radius 2 is 1.95 bits per heavy atom. The summed E-state index contributed by atoms with van der Waals surface area (Å²) in [5.74, 6) is 0.0311. The van der Waals surface area contributed by atoms with Crippen LogP contribution in [0.5, 0.6) is 0 Å². The molecule has 0 saturated carbocycles. The second-order valence-corrected chi connectivity index (χ2v) is 6.25. The lowest BCUT2D eigenvalue weighted by molar-refractivity contribution is 0.0730. The number of hydrogen-bond acceptors (Lipinski definition) is 1. The van der Waals surface area contributed by atoms with E-state index >= 15 is 0 Å². The Kier molecular flexibility index (Phi) is 3.77. The van der Waals surface area contributed by atoms with Gasteiger partial charge in [0.1, 0.15) is 5.69 Å². The Morgan fingerprint density at radius 1 is 1.24 bits per heavy atom. The predicted octanol–water partition coefficient (Wildman–Crippen LogP) is 4.26. The molecule has 1 unspecified atom stereocenters. The van der Waals surface area contributed by atoms with Crippen molar-refractivity contribution in [2.75, 3.05) is 6.54 Å². The molecule has 0 radical (unpaired) electrons. The molecule has 0 bridgehead atoms. The first kappa shape index (κ1) is 14.2. The minimum Gasteiger partial charge on any atom is -0.356 e. The average molecular weight is 303 g/mol. The second kappa shape index (κ2) is 5.57. The summed E-state index contributed by atoms with van der Waals surface area (Å²) in [5.41, 5.74) is 4.28. The highest BCUT2D eigenvalue weighted by molar-refractivity contribution is 6.30. The molecule has 1 N–H and O–H groups in total. The molecule has 1 saturated heterocycles. The van der Waals surface area contributed by atoms with Crippen LogP contribution in [0.3, 0.4) is 0 Å². The third-order valence-electron chi connectivity index (χ3n) is 4.02. The number of hydrogen-bond donors (Lipinski definition) is 1. The maximum atomic E-state index is 12.6. The van der Waals surface area contributed by atoms with Crippen molar-refractivity contribution in [2.24, 2.45) is 0 Å². The fourth-order valence-electron chi connectivity index (χ4n) is 3.20. The Labute approximate surface area is 129 Å². The molecule has 1 atom stereocenters. The van der Waals surface area contributed by atoms with Crippen molar-refractivity contribution in [3.63, 3.8) is 0 Å². The third-order valence-corrected chi connectivity index (χ3v) is 4.24. The molecule has 1 aromatic carbocycles. The number of likely N-dealkylation sites (tertiary alicyclic amines) is 1. The Balaban J connectivity index is 1.90. The first-order chi connectivity index (χ1) is 10.0. The van der Waals surface area contributed by atoms with Gasteiger partial charge in [0.05, 0.1) is 11.1 Å². The monoisotopic (exact) mass is 302 g/mol. The molecule has 1 aliphatic heterocycles. The van der Waals surface area contributed by atoms with E-state index in [0.29, 0.717) is 10.7 Å². The van der Waals surface area contributed by atoms with Gasteiger partial charge in [-0.15, -0.1) is 0 Å². The van der Waals surface area contributed by atoms with Crippen LogP contribution in [0.2, 0.25) is 5.02 Å². The van der Waals surface area contributed by atoms with E-state index in [2.05, 4.69) is 37.0 Å². The second-order valence-electron chi connectivity index (χ2n) is 5.81. The SMILES string of the molecule is Cc1cc(C)cc(C2CCCN2C(=O)c2cc(Cl)c[nH]2)c1. The number of nitrogens with zero attached hydrogens (tertiary/aromatic N) is 1. The number of benzene rings is 1. The van der Waals surface area contributed by atoms with Crippen LogP contribution >= 0.6 is 11.6 Å². The number of aromatic amines is 1. The van der Waals surface area contributed by atoms with Gasteiger partial charge in [-0.1, -0.05) is 40.9 Å². The number of halogens is 1. The largest absolute Gasteiger partial charge is 0.356 e. The van der Waals surface area contributed by atoms with Crippen LogP contribution in [0.25, 0.3) is 0 Å². The molecule has 1 aliphatic rings.